The Hall–Kier alpha value is -7.86. The van der Waals surface area contributed by atoms with Crippen LogP contribution in [0.1, 0.15) is 11.1 Å². The molecule has 0 aliphatic carbocycles. The number of hydrogen-bond acceptors (Lipinski definition) is 2. The van der Waals surface area contributed by atoms with E-state index >= 15 is 0 Å². The van der Waals surface area contributed by atoms with Crippen LogP contribution in [0.25, 0.3) is 93.6 Å². The first-order valence-electron chi connectivity index (χ1n) is 18.3. The highest BCUT2D eigenvalue weighted by atomic mass is 15.0. The Balaban J connectivity index is 1.17. The first kappa shape index (κ1) is 30.7. The molecule has 0 spiro atoms. The molecule has 0 saturated heterocycles. The second-order valence-electron chi connectivity index (χ2n) is 13.9. The molecule has 3 heterocycles. The normalized spacial score (nSPS) is 11.6. The lowest BCUT2D eigenvalue weighted by Gasteiger charge is -2.17. The highest BCUT2D eigenvalue weighted by Gasteiger charge is 2.21. The second-order valence-corrected chi connectivity index (χ2v) is 13.9. The Labute approximate surface area is 316 Å². The van der Waals surface area contributed by atoms with Gasteiger partial charge in [-0.15, -0.1) is 0 Å². The van der Waals surface area contributed by atoms with E-state index in [9.17, 15) is 10.5 Å². The summed E-state index contributed by atoms with van der Waals surface area (Å²) < 4.78 is 6.89. The fourth-order valence-corrected chi connectivity index (χ4v) is 8.82. The van der Waals surface area contributed by atoms with Gasteiger partial charge in [0.15, 0.2) is 0 Å². The van der Waals surface area contributed by atoms with Gasteiger partial charge in [-0.25, -0.2) is 0 Å². The van der Waals surface area contributed by atoms with E-state index in [1.54, 1.807) is 0 Å². The minimum Gasteiger partial charge on any atom is -0.309 e. The Morgan fingerprint density at radius 3 is 1.55 bits per heavy atom. The smallest absolute Gasteiger partial charge is 0.101 e. The third-order valence-electron chi connectivity index (χ3n) is 11.1. The van der Waals surface area contributed by atoms with E-state index < -0.39 is 0 Å². The molecule has 0 N–H and O–H groups in total. The molecule has 8 aromatic carbocycles. The van der Waals surface area contributed by atoms with Crippen LogP contribution in [0.4, 0.5) is 0 Å². The number of hydrogen-bond donors (Lipinski definition) is 0. The zero-order valence-corrected chi connectivity index (χ0v) is 29.5. The number of rotatable bonds is 4. The molecular formula is C50H29N5. The van der Waals surface area contributed by atoms with Gasteiger partial charge in [-0.2, -0.15) is 10.5 Å². The Bertz CT molecular complexity index is 3420. The minimum atomic E-state index is 0.555. The van der Waals surface area contributed by atoms with Crippen molar-refractivity contribution in [2.24, 2.45) is 0 Å². The van der Waals surface area contributed by atoms with Crippen molar-refractivity contribution < 1.29 is 0 Å². The zero-order valence-electron chi connectivity index (χ0n) is 29.5. The second kappa shape index (κ2) is 11.8. The first-order valence-corrected chi connectivity index (χ1v) is 18.3. The van der Waals surface area contributed by atoms with Crippen molar-refractivity contribution in [1.29, 1.82) is 10.5 Å². The maximum Gasteiger partial charge on any atom is 0.101 e. The summed E-state index contributed by atoms with van der Waals surface area (Å²) in [5, 5.41) is 27.3. The van der Waals surface area contributed by atoms with E-state index in [1.807, 2.05) is 42.5 Å². The molecule has 11 rings (SSSR count). The monoisotopic (exact) mass is 699 g/mol. The molecule has 0 atom stereocenters. The molecule has 5 heteroatoms. The largest absolute Gasteiger partial charge is 0.309 e. The predicted molar refractivity (Wildman–Crippen MR) is 224 cm³/mol. The summed E-state index contributed by atoms with van der Waals surface area (Å²) in [6, 6.07) is 66.0. The highest BCUT2D eigenvalue weighted by Crippen LogP contribution is 2.41. The Kier molecular flexibility index (Phi) is 6.61. The number of nitrogens with zero attached hydrogens (tertiary/aromatic N) is 5. The van der Waals surface area contributed by atoms with Crippen molar-refractivity contribution >= 4 is 65.4 Å². The average Bonchev–Trinajstić information content (AvgIpc) is 3.89. The van der Waals surface area contributed by atoms with Crippen molar-refractivity contribution in [3.05, 3.63) is 187 Å². The van der Waals surface area contributed by atoms with Crippen LogP contribution in [0.3, 0.4) is 0 Å². The van der Waals surface area contributed by atoms with Crippen LogP contribution in [0, 0.1) is 22.7 Å². The summed E-state index contributed by atoms with van der Waals surface area (Å²) in [5.74, 6) is 0. The molecule has 0 aliphatic heterocycles. The summed E-state index contributed by atoms with van der Waals surface area (Å²) in [4.78, 5) is 0. The van der Waals surface area contributed by atoms with Gasteiger partial charge in [-0.1, -0.05) is 109 Å². The van der Waals surface area contributed by atoms with E-state index in [0.29, 0.717) is 11.1 Å². The maximum absolute atomic E-state index is 10.5. The van der Waals surface area contributed by atoms with Crippen LogP contribution in [-0.4, -0.2) is 13.7 Å². The van der Waals surface area contributed by atoms with Crippen LogP contribution in [0.5, 0.6) is 0 Å². The average molecular weight is 700 g/mol. The third-order valence-corrected chi connectivity index (χ3v) is 11.1. The minimum absolute atomic E-state index is 0.555. The molecular weight excluding hydrogens is 671 g/mol. The van der Waals surface area contributed by atoms with Gasteiger partial charge in [0.25, 0.3) is 0 Å². The van der Waals surface area contributed by atoms with E-state index in [1.165, 1.54) is 32.6 Å². The molecule has 0 saturated carbocycles. The summed E-state index contributed by atoms with van der Waals surface area (Å²) in [6.45, 7) is 0. The molecule has 0 amide bonds. The number of benzene rings is 8. The molecule has 254 valence electrons. The van der Waals surface area contributed by atoms with Crippen molar-refractivity contribution in [2.75, 3.05) is 0 Å². The standard InChI is InChI=1S/C50H29N5/c51-30-33-25-24-32(28-48(33)55-46-22-10-5-17-41(46)50-34(31-52)12-11-23-47(50)55)36-13-1-6-18-42(36)54-45-21-9-4-16-39(45)40-27-26-35(29-49(40)54)53-43-19-7-2-14-37(43)38-15-3-8-20-44(38)53/h1-29H. The zero-order chi connectivity index (χ0) is 36.6. The lowest BCUT2D eigenvalue weighted by Crippen LogP contribution is -2.01. The quantitative estimate of drug-likeness (QED) is 0.184. The van der Waals surface area contributed by atoms with Crippen LogP contribution in [0.2, 0.25) is 0 Å². The molecule has 0 unspecified atom stereocenters. The molecule has 11 aromatic rings. The lowest BCUT2D eigenvalue weighted by molar-refractivity contribution is 1.15. The number of para-hydroxylation sites is 5. The summed E-state index contributed by atoms with van der Waals surface area (Å²) in [7, 11) is 0. The molecule has 0 fully saturated rings. The van der Waals surface area contributed by atoms with Gasteiger partial charge < -0.3 is 13.7 Å². The van der Waals surface area contributed by atoms with Gasteiger partial charge in [0.05, 0.1) is 61.7 Å². The molecule has 55 heavy (non-hydrogen) atoms. The Morgan fingerprint density at radius 1 is 0.345 bits per heavy atom. The van der Waals surface area contributed by atoms with Gasteiger partial charge in [-0.3, -0.25) is 0 Å². The fourth-order valence-electron chi connectivity index (χ4n) is 8.82. The first-order chi connectivity index (χ1) is 27.2. The van der Waals surface area contributed by atoms with E-state index in [2.05, 4.69) is 159 Å². The number of fused-ring (bicyclic) bond motifs is 9. The third kappa shape index (κ3) is 4.39. The predicted octanol–water partition coefficient (Wildman–Crippen LogP) is 12.4. The SMILES string of the molecule is N#Cc1ccc(-c2ccccc2-n2c3ccccc3c3ccc(-n4c5ccccc5c5ccccc54)cc32)cc1-n1c2ccccc2c2c(C#N)cccc21. The number of aromatic nitrogens is 3. The van der Waals surface area contributed by atoms with Crippen LogP contribution >= 0.6 is 0 Å². The fraction of sp³-hybridized carbons (Fsp3) is 0. The molecule has 0 bridgehead atoms. The number of nitriles is 2. The van der Waals surface area contributed by atoms with Crippen molar-refractivity contribution in [2.45, 2.75) is 0 Å². The van der Waals surface area contributed by atoms with E-state index in [0.717, 1.165) is 61.0 Å². The molecule has 5 nitrogen and oxygen atoms in total. The van der Waals surface area contributed by atoms with Crippen LogP contribution < -0.4 is 0 Å². The van der Waals surface area contributed by atoms with E-state index in [4.69, 9.17) is 0 Å². The van der Waals surface area contributed by atoms with E-state index in [-0.39, 0.29) is 0 Å². The van der Waals surface area contributed by atoms with Crippen molar-refractivity contribution in [3.8, 4) is 40.3 Å². The van der Waals surface area contributed by atoms with Crippen LogP contribution in [0.15, 0.2) is 176 Å². The van der Waals surface area contributed by atoms with Gasteiger partial charge in [-0.05, 0) is 72.3 Å². The van der Waals surface area contributed by atoms with Crippen molar-refractivity contribution in [1.82, 2.24) is 13.7 Å². The van der Waals surface area contributed by atoms with Crippen LogP contribution in [-0.2, 0) is 0 Å². The topological polar surface area (TPSA) is 62.4 Å². The summed E-state index contributed by atoms with van der Waals surface area (Å²) in [6.07, 6.45) is 0. The molecule has 3 aromatic heterocycles. The molecule has 0 radical (unpaired) electrons. The summed E-state index contributed by atoms with van der Waals surface area (Å²) in [5.41, 5.74) is 12.5. The van der Waals surface area contributed by atoms with Gasteiger partial charge in [0, 0.05) is 43.6 Å². The lowest BCUT2D eigenvalue weighted by atomic mass is 10.00. The Morgan fingerprint density at radius 2 is 0.873 bits per heavy atom. The maximum atomic E-state index is 10.5. The summed E-state index contributed by atoms with van der Waals surface area (Å²) >= 11 is 0. The van der Waals surface area contributed by atoms with Gasteiger partial charge in [0.1, 0.15) is 6.07 Å². The van der Waals surface area contributed by atoms with Gasteiger partial charge in [0.2, 0.25) is 0 Å². The van der Waals surface area contributed by atoms with Crippen molar-refractivity contribution in [3.63, 3.8) is 0 Å². The van der Waals surface area contributed by atoms with Gasteiger partial charge >= 0.3 is 0 Å². The molecule has 0 aliphatic rings. The highest BCUT2D eigenvalue weighted by molar-refractivity contribution is 6.13.